The van der Waals surface area contributed by atoms with Gasteiger partial charge in [-0.05, 0) is 28.1 Å². The summed E-state index contributed by atoms with van der Waals surface area (Å²) in [7, 11) is 0. The van der Waals surface area contributed by atoms with E-state index in [4.69, 9.17) is 4.42 Å². The van der Waals surface area contributed by atoms with Crippen molar-refractivity contribution in [3.8, 4) is 0 Å². The molecule has 1 amide bonds. The fourth-order valence-electron chi connectivity index (χ4n) is 1.17. The summed E-state index contributed by atoms with van der Waals surface area (Å²) in [4.78, 5) is 22.3. The van der Waals surface area contributed by atoms with E-state index in [1.54, 1.807) is 12.1 Å². The number of rotatable bonds is 3. The quantitative estimate of drug-likeness (QED) is 0.785. The van der Waals surface area contributed by atoms with Gasteiger partial charge in [0.2, 0.25) is 0 Å². The summed E-state index contributed by atoms with van der Waals surface area (Å²) in [6.07, 6.45) is 0. The summed E-state index contributed by atoms with van der Waals surface area (Å²) in [5.74, 6) is -0.127. The molecule has 0 aromatic carbocycles. The minimum atomic E-state index is -0.340. The van der Waals surface area contributed by atoms with Crippen molar-refractivity contribution in [3.05, 3.63) is 44.7 Å². The molecule has 2 aromatic rings. The maximum absolute atomic E-state index is 11.5. The Morgan fingerprint density at radius 1 is 1.44 bits per heavy atom. The van der Waals surface area contributed by atoms with Crippen LogP contribution in [0.25, 0.3) is 0 Å². The molecule has 84 valence electrons. The molecule has 0 aliphatic carbocycles. The predicted octanol–water partition coefficient (Wildman–Crippen LogP) is 0.988. The third-order valence-corrected chi connectivity index (χ3v) is 2.31. The maximum atomic E-state index is 11.5. The molecule has 0 saturated carbocycles. The molecule has 3 N–H and O–H groups in total. The van der Waals surface area contributed by atoms with Gasteiger partial charge in [0.25, 0.3) is 11.5 Å². The van der Waals surface area contributed by atoms with Gasteiger partial charge in [-0.25, -0.2) is 0 Å². The van der Waals surface area contributed by atoms with Gasteiger partial charge >= 0.3 is 0 Å². The second-order valence-corrected chi connectivity index (χ2v) is 3.85. The lowest BCUT2D eigenvalue weighted by Gasteiger charge is -1.99. The number of nitrogens with one attached hydrogen (secondary N) is 3. The Balaban J connectivity index is 1.96. The summed E-state index contributed by atoms with van der Waals surface area (Å²) in [5.41, 5.74) is 0.369. The lowest BCUT2D eigenvalue weighted by atomic mass is 10.4. The number of aromatic nitrogens is 2. The lowest BCUT2D eigenvalue weighted by molar-refractivity contribution is 0.0921. The molecule has 7 heteroatoms. The van der Waals surface area contributed by atoms with Gasteiger partial charge < -0.3 is 14.8 Å². The summed E-state index contributed by atoms with van der Waals surface area (Å²) < 4.78 is 5.56. The van der Waals surface area contributed by atoms with Crippen LogP contribution in [0.2, 0.25) is 0 Å². The first kappa shape index (κ1) is 10.7. The number of H-pyrrole nitrogens is 2. The molecule has 0 fully saturated rings. The van der Waals surface area contributed by atoms with Crippen LogP contribution in [-0.4, -0.2) is 16.1 Å². The SMILES string of the molecule is O=C(NCc1cc(=O)[nH][nH]1)c1ccc(Br)o1. The Hall–Kier alpha value is -1.76. The van der Waals surface area contributed by atoms with Gasteiger partial charge in [-0.3, -0.25) is 14.7 Å². The Morgan fingerprint density at radius 2 is 2.25 bits per heavy atom. The van der Waals surface area contributed by atoms with Crippen LogP contribution in [0.5, 0.6) is 0 Å². The van der Waals surface area contributed by atoms with Crippen molar-refractivity contribution in [1.29, 1.82) is 0 Å². The number of halogens is 1. The molecule has 16 heavy (non-hydrogen) atoms. The second-order valence-electron chi connectivity index (χ2n) is 3.07. The number of carbonyl (C=O) groups is 1. The van der Waals surface area contributed by atoms with Crippen molar-refractivity contribution in [2.75, 3.05) is 0 Å². The van der Waals surface area contributed by atoms with Crippen LogP contribution in [0.15, 0.2) is 32.1 Å². The van der Waals surface area contributed by atoms with Gasteiger partial charge in [-0.1, -0.05) is 0 Å². The summed E-state index contributed by atoms with van der Waals surface area (Å²) in [6, 6.07) is 4.56. The summed E-state index contributed by atoms with van der Waals surface area (Å²) in [5, 5.41) is 7.60. The Morgan fingerprint density at radius 3 is 2.81 bits per heavy atom. The van der Waals surface area contributed by atoms with E-state index in [-0.39, 0.29) is 23.8 Å². The number of hydrogen-bond donors (Lipinski definition) is 3. The van der Waals surface area contributed by atoms with E-state index in [0.717, 1.165) is 0 Å². The molecule has 6 nitrogen and oxygen atoms in total. The van der Waals surface area contributed by atoms with E-state index in [1.807, 2.05) is 0 Å². The fraction of sp³-hybridized carbons (Fsp3) is 0.111. The van der Waals surface area contributed by atoms with Crippen molar-refractivity contribution in [2.45, 2.75) is 6.54 Å². The van der Waals surface area contributed by atoms with E-state index >= 15 is 0 Å². The van der Waals surface area contributed by atoms with Crippen LogP contribution >= 0.6 is 15.9 Å². The molecular formula is C9H8BrN3O3. The first-order valence-electron chi connectivity index (χ1n) is 4.45. The zero-order valence-electron chi connectivity index (χ0n) is 8.04. The molecule has 2 rings (SSSR count). The largest absolute Gasteiger partial charge is 0.444 e. The standard InChI is InChI=1S/C9H8BrN3O3/c10-7-2-1-6(16-7)9(15)11-4-5-3-8(14)13-12-5/h1-3H,4H2,(H,11,15)(H2,12,13,14). The molecular weight excluding hydrogens is 278 g/mol. The molecule has 2 heterocycles. The normalized spacial score (nSPS) is 10.3. The zero-order valence-corrected chi connectivity index (χ0v) is 9.63. The molecule has 0 spiro atoms. The highest BCUT2D eigenvalue weighted by molar-refractivity contribution is 9.10. The molecule has 0 saturated heterocycles. The second kappa shape index (κ2) is 4.40. The molecule has 0 unspecified atom stereocenters. The Kier molecular flexibility index (Phi) is 2.95. The molecule has 0 radical (unpaired) electrons. The zero-order chi connectivity index (χ0) is 11.5. The van der Waals surface area contributed by atoms with Gasteiger partial charge in [0.1, 0.15) is 0 Å². The van der Waals surface area contributed by atoms with Gasteiger partial charge in [0.15, 0.2) is 10.4 Å². The van der Waals surface area contributed by atoms with Crippen LogP contribution in [0.4, 0.5) is 0 Å². The van der Waals surface area contributed by atoms with Crippen LogP contribution < -0.4 is 10.9 Å². The minimum Gasteiger partial charge on any atom is -0.444 e. The van der Waals surface area contributed by atoms with Gasteiger partial charge in [0.05, 0.1) is 12.2 Å². The van der Waals surface area contributed by atoms with Crippen molar-refractivity contribution in [3.63, 3.8) is 0 Å². The molecule has 0 aliphatic heterocycles. The van der Waals surface area contributed by atoms with Crippen LogP contribution in [0.1, 0.15) is 16.2 Å². The van der Waals surface area contributed by atoms with Crippen molar-refractivity contribution >= 4 is 21.8 Å². The highest BCUT2D eigenvalue weighted by Gasteiger charge is 2.09. The smallest absolute Gasteiger partial charge is 0.287 e. The average Bonchev–Trinajstić information content (AvgIpc) is 2.84. The van der Waals surface area contributed by atoms with Crippen LogP contribution in [-0.2, 0) is 6.54 Å². The lowest BCUT2D eigenvalue weighted by Crippen LogP contribution is -2.22. The van der Waals surface area contributed by atoms with E-state index in [0.29, 0.717) is 10.4 Å². The van der Waals surface area contributed by atoms with E-state index in [1.165, 1.54) is 6.07 Å². The third kappa shape index (κ3) is 2.43. The summed E-state index contributed by atoms with van der Waals surface area (Å²) in [6.45, 7) is 0.232. The van der Waals surface area contributed by atoms with Crippen molar-refractivity contribution in [2.24, 2.45) is 0 Å². The highest BCUT2D eigenvalue weighted by atomic mass is 79.9. The molecule has 0 atom stereocenters. The topological polar surface area (TPSA) is 90.9 Å². The average molecular weight is 286 g/mol. The maximum Gasteiger partial charge on any atom is 0.287 e. The monoisotopic (exact) mass is 285 g/mol. The predicted molar refractivity (Wildman–Crippen MR) is 59.0 cm³/mol. The third-order valence-electron chi connectivity index (χ3n) is 1.89. The van der Waals surface area contributed by atoms with Crippen molar-refractivity contribution < 1.29 is 9.21 Å². The fourth-order valence-corrected chi connectivity index (χ4v) is 1.47. The van der Waals surface area contributed by atoms with Crippen LogP contribution in [0, 0.1) is 0 Å². The molecule has 0 aliphatic rings. The summed E-state index contributed by atoms with van der Waals surface area (Å²) >= 11 is 3.10. The minimum absolute atomic E-state index is 0.213. The van der Waals surface area contributed by atoms with E-state index in [9.17, 15) is 9.59 Å². The Bertz CT molecular complexity index is 554. The number of hydrogen-bond acceptors (Lipinski definition) is 3. The van der Waals surface area contributed by atoms with Gasteiger partial charge in [-0.2, -0.15) is 0 Å². The van der Waals surface area contributed by atoms with Crippen LogP contribution in [0.3, 0.4) is 0 Å². The highest BCUT2D eigenvalue weighted by Crippen LogP contribution is 2.13. The number of aromatic amines is 2. The first-order chi connectivity index (χ1) is 7.65. The molecule has 0 bridgehead atoms. The first-order valence-corrected chi connectivity index (χ1v) is 5.24. The number of carbonyl (C=O) groups excluding carboxylic acids is 1. The van der Waals surface area contributed by atoms with E-state index in [2.05, 4.69) is 31.4 Å². The van der Waals surface area contributed by atoms with Gasteiger partial charge in [-0.15, -0.1) is 0 Å². The van der Waals surface area contributed by atoms with Crippen molar-refractivity contribution in [1.82, 2.24) is 15.5 Å². The Labute approximate surface area is 98.2 Å². The number of amides is 1. The van der Waals surface area contributed by atoms with Gasteiger partial charge in [0, 0.05) is 6.07 Å². The number of furan rings is 1. The van der Waals surface area contributed by atoms with E-state index < -0.39 is 0 Å². The molecule has 2 aromatic heterocycles.